The summed E-state index contributed by atoms with van der Waals surface area (Å²) in [7, 11) is 1.99. The number of aromatic nitrogens is 1. The first kappa shape index (κ1) is 19.4. The van der Waals surface area contributed by atoms with Crippen molar-refractivity contribution in [1.29, 1.82) is 0 Å². The lowest BCUT2D eigenvalue weighted by Gasteiger charge is -2.43. The Balaban J connectivity index is 1.24. The molecule has 0 bridgehead atoms. The molecule has 8 heteroatoms. The number of likely N-dealkylation sites (tertiary alicyclic amines) is 2. The van der Waals surface area contributed by atoms with Crippen LogP contribution in [-0.4, -0.2) is 71.2 Å². The van der Waals surface area contributed by atoms with Gasteiger partial charge in [-0.25, -0.2) is 9.18 Å². The first-order valence-corrected chi connectivity index (χ1v) is 10.7. The number of hydrogen-bond acceptors (Lipinski definition) is 3. The van der Waals surface area contributed by atoms with Crippen molar-refractivity contribution >= 4 is 22.8 Å². The van der Waals surface area contributed by atoms with Gasteiger partial charge < -0.3 is 24.4 Å². The van der Waals surface area contributed by atoms with Crippen LogP contribution in [0.25, 0.3) is 10.9 Å². The fraction of sp³-hybridized carbons (Fsp3) is 0.545. The number of hydrogen-bond donors (Lipinski definition) is 1. The predicted octanol–water partition coefficient (Wildman–Crippen LogP) is 2.21. The van der Waals surface area contributed by atoms with Crippen LogP contribution in [0.5, 0.6) is 0 Å². The molecule has 0 saturated carbocycles. The van der Waals surface area contributed by atoms with E-state index in [2.05, 4.69) is 11.5 Å². The number of amides is 3. The van der Waals surface area contributed by atoms with Gasteiger partial charge in [-0.2, -0.15) is 0 Å². The maximum absolute atomic E-state index is 13.8. The van der Waals surface area contributed by atoms with Crippen LogP contribution in [0.15, 0.2) is 24.4 Å². The zero-order chi connectivity index (χ0) is 20.8. The third kappa shape index (κ3) is 3.43. The van der Waals surface area contributed by atoms with Gasteiger partial charge in [-0.05, 0) is 48.9 Å². The van der Waals surface area contributed by atoms with Crippen LogP contribution in [0, 0.1) is 5.82 Å². The molecule has 0 aliphatic carbocycles. The summed E-state index contributed by atoms with van der Waals surface area (Å²) in [6.07, 6.45) is 4.57. The summed E-state index contributed by atoms with van der Waals surface area (Å²) in [4.78, 5) is 28.4. The highest BCUT2D eigenvalue weighted by Gasteiger charge is 2.38. The van der Waals surface area contributed by atoms with E-state index in [4.69, 9.17) is 4.74 Å². The minimum atomic E-state index is -0.218. The number of nitrogens with zero attached hydrogens (tertiary/aromatic N) is 3. The van der Waals surface area contributed by atoms with E-state index in [9.17, 15) is 14.0 Å². The maximum atomic E-state index is 13.8. The molecule has 3 aliphatic heterocycles. The Morgan fingerprint density at radius 2 is 1.93 bits per heavy atom. The Bertz CT molecular complexity index is 982. The van der Waals surface area contributed by atoms with Crippen molar-refractivity contribution < 1.29 is 18.7 Å². The number of fused-ring (bicyclic) bond motifs is 2. The molecule has 2 aromatic rings. The van der Waals surface area contributed by atoms with Gasteiger partial charge in [-0.15, -0.1) is 0 Å². The second kappa shape index (κ2) is 7.58. The molecule has 0 radical (unpaired) electrons. The van der Waals surface area contributed by atoms with Gasteiger partial charge >= 0.3 is 6.03 Å². The molecule has 1 aromatic heterocycles. The highest BCUT2D eigenvalue weighted by atomic mass is 19.1. The van der Waals surface area contributed by atoms with Gasteiger partial charge in [0.15, 0.2) is 0 Å². The monoisotopic (exact) mass is 414 g/mol. The van der Waals surface area contributed by atoms with Crippen molar-refractivity contribution in [2.24, 2.45) is 7.05 Å². The van der Waals surface area contributed by atoms with Gasteiger partial charge in [0.05, 0.1) is 12.1 Å². The average Bonchev–Trinajstić information content (AvgIpc) is 3.08. The number of piperidine rings is 2. The Morgan fingerprint density at radius 3 is 2.73 bits per heavy atom. The second-order valence-corrected chi connectivity index (χ2v) is 8.66. The third-order valence-corrected chi connectivity index (χ3v) is 6.78. The lowest BCUT2D eigenvalue weighted by atomic mass is 9.89. The number of urea groups is 1. The fourth-order valence-electron chi connectivity index (χ4n) is 5.18. The van der Waals surface area contributed by atoms with E-state index < -0.39 is 0 Å². The van der Waals surface area contributed by atoms with Crippen molar-refractivity contribution in [2.75, 3.05) is 32.8 Å². The molecular weight excluding hydrogens is 387 g/mol. The van der Waals surface area contributed by atoms with Gasteiger partial charge in [0.2, 0.25) is 5.91 Å². The Kier molecular flexibility index (Phi) is 4.89. The van der Waals surface area contributed by atoms with Crippen LogP contribution in [0.4, 0.5) is 9.18 Å². The summed E-state index contributed by atoms with van der Waals surface area (Å²) in [6.45, 7) is 2.63. The van der Waals surface area contributed by atoms with Gasteiger partial charge in [0.1, 0.15) is 12.4 Å². The lowest BCUT2D eigenvalue weighted by Crippen LogP contribution is -2.62. The molecule has 4 heterocycles. The minimum Gasteiger partial charge on any atom is -0.366 e. The van der Waals surface area contributed by atoms with Gasteiger partial charge in [0, 0.05) is 50.3 Å². The Labute approximate surface area is 174 Å². The molecule has 5 rings (SSSR count). The molecule has 2 atom stereocenters. The van der Waals surface area contributed by atoms with Crippen molar-refractivity contribution in [2.45, 2.75) is 37.3 Å². The van der Waals surface area contributed by atoms with E-state index in [0.29, 0.717) is 32.1 Å². The summed E-state index contributed by atoms with van der Waals surface area (Å²) in [5.41, 5.74) is 2.20. The number of nitrogens with one attached hydrogen (secondary N) is 1. The number of halogens is 1. The highest BCUT2D eigenvalue weighted by molar-refractivity contribution is 5.84. The Morgan fingerprint density at radius 1 is 1.17 bits per heavy atom. The molecule has 1 aromatic carbocycles. The van der Waals surface area contributed by atoms with E-state index in [1.54, 1.807) is 6.07 Å². The number of aryl methyl sites for hydroxylation is 1. The summed E-state index contributed by atoms with van der Waals surface area (Å²) < 4.78 is 21.4. The zero-order valence-electron chi connectivity index (χ0n) is 17.1. The molecule has 3 saturated heterocycles. The summed E-state index contributed by atoms with van der Waals surface area (Å²) >= 11 is 0. The lowest BCUT2D eigenvalue weighted by molar-refractivity contribution is -0.139. The molecule has 0 unspecified atom stereocenters. The average molecular weight is 414 g/mol. The molecule has 3 fully saturated rings. The van der Waals surface area contributed by atoms with Gasteiger partial charge in [-0.1, -0.05) is 0 Å². The van der Waals surface area contributed by atoms with E-state index in [-0.39, 0.29) is 36.5 Å². The highest BCUT2D eigenvalue weighted by Crippen LogP contribution is 2.35. The largest absolute Gasteiger partial charge is 0.366 e. The Hall–Kier alpha value is -2.61. The molecule has 30 heavy (non-hydrogen) atoms. The first-order chi connectivity index (χ1) is 14.5. The fourth-order valence-corrected chi connectivity index (χ4v) is 5.18. The molecule has 3 amide bonds. The first-order valence-electron chi connectivity index (χ1n) is 10.7. The number of ether oxygens (including phenoxy) is 1. The van der Waals surface area contributed by atoms with Gasteiger partial charge in [-0.3, -0.25) is 4.79 Å². The third-order valence-electron chi connectivity index (χ3n) is 6.78. The molecule has 0 spiro atoms. The topological polar surface area (TPSA) is 66.8 Å². The second-order valence-electron chi connectivity index (χ2n) is 8.66. The van der Waals surface area contributed by atoms with Crippen LogP contribution in [0.2, 0.25) is 0 Å². The number of benzene rings is 1. The number of carbonyl (C=O) groups excluding carboxylic acids is 2. The number of carbonyl (C=O) groups is 2. The van der Waals surface area contributed by atoms with Crippen LogP contribution < -0.4 is 5.32 Å². The van der Waals surface area contributed by atoms with Crippen LogP contribution in [0.1, 0.15) is 30.7 Å². The number of rotatable bonds is 1. The van der Waals surface area contributed by atoms with Crippen molar-refractivity contribution in [3.05, 3.63) is 35.8 Å². The van der Waals surface area contributed by atoms with Crippen LogP contribution in [0.3, 0.4) is 0 Å². The van der Waals surface area contributed by atoms with Crippen molar-refractivity contribution in [3.8, 4) is 0 Å². The van der Waals surface area contributed by atoms with Crippen molar-refractivity contribution in [3.63, 3.8) is 0 Å². The quantitative estimate of drug-likeness (QED) is 0.778. The normalized spacial score (nSPS) is 25.3. The molecular formula is C22H27FN4O3. The van der Waals surface area contributed by atoms with E-state index in [1.165, 1.54) is 11.6 Å². The molecule has 160 valence electrons. The smallest absolute Gasteiger partial charge is 0.320 e. The number of morpholine rings is 1. The van der Waals surface area contributed by atoms with Gasteiger partial charge in [0.25, 0.3) is 0 Å². The minimum absolute atomic E-state index is 0.00393. The summed E-state index contributed by atoms with van der Waals surface area (Å²) in [6, 6.07) is 4.86. The van der Waals surface area contributed by atoms with E-state index >= 15 is 0 Å². The maximum Gasteiger partial charge on any atom is 0.320 e. The van der Waals surface area contributed by atoms with Crippen LogP contribution >= 0.6 is 0 Å². The van der Waals surface area contributed by atoms with E-state index in [0.717, 1.165) is 30.2 Å². The molecule has 7 nitrogen and oxygen atoms in total. The molecule has 3 aliphatic rings. The van der Waals surface area contributed by atoms with Crippen LogP contribution in [-0.2, 0) is 16.6 Å². The SMILES string of the molecule is Cn1cc(C2CCN(C(=O)N3CC[C@@H]4OCC(=O)N[C@@H]4C3)CC2)c2cc(F)ccc21. The summed E-state index contributed by atoms with van der Waals surface area (Å²) in [5, 5.41) is 3.92. The predicted molar refractivity (Wildman–Crippen MR) is 110 cm³/mol. The standard InChI is InChI=1S/C22H27FN4O3/c1-25-11-17(16-10-15(23)2-3-19(16)25)14-4-7-26(8-5-14)22(29)27-9-6-20-18(12-27)24-21(28)13-30-20/h2-3,10-11,14,18,20H,4-9,12-13H2,1H3,(H,24,28)/t18-,20+/m1/s1. The molecule has 1 N–H and O–H groups in total. The summed E-state index contributed by atoms with van der Waals surface area (Å²) in [5.74, 6) is -0.0149. The zero-order valence-corrected chi connectivity index (χ0v) is 17.1. The van der Waals surface area contributed by atoms with Crippen molar-refractivity contribution in [1.82, 2.24) is 19.7 Å². The van der Waals surface area contributed by atoms with E-state index in [1.807, 2.05) is 27.5 Å².